The van der Waals surface area contributed by atoms with Crippen LogP contribution >= 0.6 is 0 Å². The molecule has 0 heterocycles. The van der Waals surface area contributed by atoms with Crippen LogP contribution in [0.2, 0.25) is 0 Å². The molecule has 3 heteroatoms. The van der Waals surface area contributed by atoms with Gasteiger partial charge in [0.2, 0.25) is 0 Å². The summed E-state index contributed by atoms with van der Waals surface area (Å²) >= 11 is 0. The van der Waals surface area contributed by atoms with Crippen molar-refractivity contribution in [3.8, 4) is 5.75 Å². The summed E-state index contributed by atoms with van der Waals surface area (Å²) in [5.41, 5.74) is 1.24. The molecule has 3 fully saturated rings. The molecule has 2 atom stereocenters. The summed E-state index contributed by atoms with van der Waals surface area (Å²) in [6, 6.07) is 3.15. The average Bonchev–Trinajstić information content (AvgIpc) is 3.35. The molecule has 0 bridgehead atoms. The second-order valence-electron chi connectivity index (χ2n) is 6.93. The Morgan fingerprint density at radius 2 is 1.95 bits per heavy atom. The zero-order valence-corrected chi connectivity index (χ0v) is 12.4. The van der Waals surface area contributed by atoms with E-state index in [1.807, 2.05) is 0 Å². The molecule has 1 aromatic rings. The van der Waals surface area contributed by atoms with E-state index in [-0.39, 0.29) is 11.3 Å². The Kier molecular flexibility index (Phi) is 3.05. The van der Waals surface area contributed by atoms with Gasteiger partial charge in [-0.3, -0.25) is 4.79 Å². The largest absolute Gasteiger partial charge is 0.493 e. The van der Waals surface area contributed by atoms with E-state index >= 15 is 0 Å². The first-order chi connectivity index (χ1) is 10.1. The summed E-state index contributed by atoms with van der Waals surface area (Å²) in [7, 11) is 0. The fourth-order valence-electron chi connectivity index (χ4n) is 4.08. The second kappa shape index (κ2) is 4.82. The van der Waals surface area contributed by atoms with Crippen molar-refractivity contribution in [2.75, 3.05) is 6.61 Å². The number of carbonyl (C=O) groups is 1. The van der Waals surface area contributed by atoms with Gasteiger partial charge in [0, 0.05) is 6.07 Å². The van der Waals surface area contributed by atoms with E-state index in [2.05, 4.69) is 0 Å². The van der Waals surface area contributed by atoms with E-state index in [4.69, 9.17) is 4.74 Å². The summed E-state index contributed by atoms with van der Waals surface area (Å²) in [6.07, 6.45) is 6.28. The van der Waals surface area contributed by atoms with E-state index in [9.17, 15) is 9.18 Å². The van der Waals surface area contributed by atoms with Crippen LogP contribution in [-0.2, 0) is 0 Å². The molecule has 21 heavy (non-hydrogen) atoms. The maximum atomic E-state index is 14.0. The third-order valence-corrected chi connectivity index (χ3v) is 5.51. The molecule has 0 aromatic heterocycles. The number of Topliss-reactive ketones (excluding diaryl/α,β-unsaturated/α-hetero) is 1. The highest BCUT2D eigenvalue weighted by atomic mass is 19.1. The van der Waals surface area contributed by atoms with Crippen LogP contribution in [0.4, 0.5) is 4.39 Å². The van der Waals surface area contributed by atoms with Crippen molar-refractivity contribution in [1.29, 1.82) is 0 Å². The number of carbonyl (C=O) groups excluding carboxylic acids is 1. The number of hydrogen-bond acceptors (Lipinski definition) is 2. The first-order valence-corrected chi connectivity index (χ1v) is 8.12. The van der Waals surface area contributed by atoms with Gasteiger partial charge in [0.1, 0.15) is 11.6 Å². The number of fused-ring (bicyclic) bond motifs is 1. The number of benzene rings is 1. The van der Waals surface area contributed by atoms with Crippen LogP contribution in [0.1, 0.15) is 60.9 Å². The Morgan fingerprint density at radius 1 is 1.24 bits per heavy atom. The quantitative estimate of drug-likeness (QED) is 0.754. The summed E-state index contributed by atoms with van der Waals surface area (Å²) in [5, 5.41) is 0. The van der Waals surface area contributed by atoms with Gasteiger partial charge in [0.15, 0.2) is 5.78 Å². The van der Waals surface area contributed by atoms with Crippen molar-refractivity contribution in [3.63, 3.8) is 0 Å². The highest BCUT2D eigenvalue weighted by Crippen LogP contribution is 2.57. The molecule has 0 spiro atoms. The Balaban J connectivity index is 1.53. The van der Waals surface area contributed by atoms with Gasteiger partial charge in [0.25, 0.3) is 0 Å². The Hall–Kier alpha value is -1.38. The number of rotatable bonds is 5. The molecule has 1 aromatic carbocycles. The van der Waals surface area contributed by atoms with Crippen LogP contribution < -0.4 is 4.74 Å². The molecular formula is C18H21FO2. The van der Waals surface area contributed by atoms with Crippen molar-refractivity contribution in [1.82, 2.24) is 0 Å². The predicted molar refractivity (Wildman–Crippen MR) is 78.2 cm³/mol. The topological polar surface area (TPSA) is 26.3 Å². The summed E-state index contributed by atoms with van der Waals surface area (Å²) < 4.78 is 20.0. The van der Waals surface area contributed by atoms with Gasteiger partial charge in [-0.25, -0.2) is 4.39 Å². The van der Waals surface area contributed by atoms with Crippen LogP contribution in [-0.4, -0.2) is 12.4 Å². The van der Waals surface area contributed by atoms with Gasteiger partial charge >= 0.3 is 0 Å². The molecule has 2 unspecified atom stereocenters. The number of hydrogen-bond donors (Lipinski definition) is 0. The van der Waals surface area contributed by atoms with Crippen LogP contribution in [0.5, 0.6) is 5.75 Å². The van der Waals surface area contributed by atoms with E-state index in [1.54, 1.807) is 6.07 Å². The van der Waals surface area contributed by atoms with Crippen molar-refractivity contribution in [2.45, 2.75) is 44.9 Å². The summed E-state index contributed by atoms with van der Waals surface area (Å²) in [6.45, 7) is 2.13. The lowest BCUT2D eigenvalue weighted by atomic mass is 10.0. The van der Waals surface area contributed by atoms with Crippen LogP contribution in [0.25, 0.3) is 0 Å². The molecule has 0 radical (unpaired) electrons. The van der Waals surface area contributed by atoms with Gasteiger partial charge in [-0.05, 0) is 67.9 Å². The van der Waals surface area contributed by atoms with E-state index < -0.39 is 5.82 Å². The van der Waals surface area contributed by atoms with Crippen molar-refractivity contribution >= 4 is 5.78 Å². The van der Waals surface area contributed by atoms with Crippen LogP contribution in [0, 0.1) is 23.6 Å². The third kappa shape index (κ3) is 2.37. The molecular weight excluding hydrogens is 267 g/mol. The molecule has 0 amide bonds. The Morgan fingerprint density at radius 3 is 2.57 bits per heavy atom. The molecule has 4 rings (SSSR count). The highest BCUT2D eigenvalue weighted by Gasteiger charge is 2.52. The minimum atomic E-state index is -0.446. The molecule has 0 saturated heterocycles. The van der Waals surface area contributed by atoms with E-state index in [0.29, 0.717) is 24.2 Å². The number of ketones is 1. The lowest BCUT2D eigenvalue weighted by Gasteiger charge is -2.14. The van der Waals surface area contributed by atoms with Crippen LogP contribution in [0.3, 0.4) is 0 Å². The van der Waals surface area contributed by atoms with Gasteiger partial charge in [-0.2, -0.15) is 0 Å². The monoisotopic (exact) mass is 288 g/mol. The zero-order valence-electron chi connectivity index (χ0n) is 12.4. The molecule has 3 aliphatic carbocycles. The SMILES string of the molecule is CC(=O)c1cc(C2CC2)c(OCC2C3CCCC32)cc1F. The van der Waals surface area contributed by atoms with Gasteiger partial charge in [-0.1, -0.05) is 6.42 Å². The standard InChI is InChI=1S/C18H21FO2/c1-10(20)14-7-15(11-5-6-11)18(8-17(14)19)21-9-16-12-3-2-4-13(12)16/h7-8,11-13,16H,2-6,9H2,1H3. The molecule has 112 valence electrons. The first-order valence-electron chi connectivity index (χ1n) is 8.12. The fourth-order valence-corrected chi connectivity index (χ4v) is 4.08. The predicted octanol–water partition coefficient (Wildman–Crippen LogP) is 4.33. The molecule has 3 aliphatic rings. The lowest BCUT2D eigenvalue weighted by Crippen LogP contribution is -2.07. The molecule has 3 saturated carbocycles. The molecule has 0 aliphatic heterocycles. The number of ether oxygens (including phenoxy) is 1. The van der Waals surface area contributed by atoms with Crippen molar-refractivity contribution in [3.05, 3.63) is 29.1 Å². The second-order valence-corrected chi connectivity index (χ2v) is 6.93. The minimum absolute atomic E-state index is 0.201. The average molecular weight is 288 g/mol. The highest BCUT2D eigenvalue weighted by molar-refractivity contribution is 5.94. The summed E-state index contributed by atoms with van der Waals surface area (Å²) in [4.78, 5) is 11.5. The molecule has 2 nitrogen and oxygen atoms in total. The normalized spacial score (nSPS) is 30.1. The molecule has 0 N–H and O–H groups in total. The zero-order chi connectivity index (χ0) is 14.6. The third-order valence-electron chi connectivity index (χ3n) is 5.51. The van der Waals surface area contributed by atoms with Gasteiger partial charge in [-0.15, -0.1) is 0 Å². The summed E-state index contributed by atoms with van der Waals surface area (Å²) in [5.74, 6) is 2.87. The van der Waals surface area contributed by atoms with E-state index in [0.717, 1.165) is 30.2 Å². The van der Waals surface area contributed by atoms with Crippen molar-refractivity contribution in [2.24, 2.45) is 17.8 Å². The lowest BCUT2D eigenvalue weighted by molar-refractivity contribution is 0.101. The van der Waals surface area contributed by atoms with Crippen molar-refractivity contribution < 1.29 is 13.9 Å². The van der Waals surface area contributed by atoms with Gasteiger partial charge < -0.3 is 4.74 Å². The maximum absolute atomic E-state index is 14.0. The first kappa shape index (κ1) is 13.3. The maximum Gasteiger partial charge on any atom is 0.162 e. The van der Waals surface area contributed by atoms with E-state index in [1.165, 1.54) is 32.3 Å². The Bertz CT molecular complexity index is 581. The Labute approximate surface area is 124 Å². The fraction of sp³-hybridized carbons (Fsp3) is 0.611. The van der Waals surface area contributed by atoms with Crippen LogP contribution in [0.15, 0.2) is 12.1 Å². The smallest absolute Gasteiger partial charge is 0.162 e. The minimum Gasteiger partial charge on any atom is -0.493 e. The number of halogens is 1. The van der Waals surface area contributed by atoms with Gasteiger partial charge in [0.05, 0.1) is 12.2 Å².